The second-order valence-corrected chi connectivity index (χ2v) is 5.13. The first-order chi connectivity index (χ1) is 10.2. The number of rotatable bonds is 3. The van der Waals surface area contributed by atoms with Crippen molar-refractivity contribution < 1.29 is 4.79 Å². The molecule has 21 heavy (non-hydrogen) atoms. The first kappa shape index (κ1) is 13.6. The molecule has 0 radical (unpaired) electrons. The largest absolute Gasteiger partial charge is 0.304 e. The number of hydrogen-bond donors (Lipinski definition) is 1. The van der Waals surface area contributed by atoms with Crippen LogP contribution in [0.1, 0.15) is 35.1 Å². The molecule has 3 rings (SSSR count). The zero-order valence-corrected chi connectivity index (χ0v) is 11.9. The summed E-state index contributed by atoms with van der Waals surface area (Å²) in [7, 11) is 2.09. The molecule has 3 heterocycles. The Bertz CT molecular complexity index is 631. The summed E-state index contributed by atoms with van der Waals surface area (Å²) < 4.78 is 0. The fourth-order valence-corrected chi connectivity index (χ4v) is 2.59. The van der Waals surface area contributed by atoms with Gasteiger partial charge in [0.05, 0.1) is 17.9 Å². The zero-order valence-electron chi connectivity index (χ0n) is 11.9. The predicted octanol–water partition coefficient (Wildman–Crippen LogP) is 1.89. The van der Waals surface area contributed by atoms with Crippen LogP contribution in [-0.2, 0) is 0 Å². The molecular formula is C15H17N5O. The van der Waals surface area contributed by atoms with Gasteiger partial charge < -0.3 is 5.32 Å². The molecule has 6 nitrogen and oxygen atoms in total. The van der Waals surface area contributed by atoms with Crippen molar-refractivity contribution >= 4 is 11.7 Å². The molecule has 1 saturated heterocycles. The van der Waals surface area contributed by atoms with Crippen LogP contribution in [-0.4, -0.2) is 39.4 Å². The number of carbonyl (C=O) groups excluding carboxylic acids is 1. The zero-order chi connectivity index (χ0) is 14.7. The van der Waals surface area contributed by atoms with Crippen LogP contribution in [0.2, 0.25) is 0 Å². The van der Waals surface area contributed by atoms with E-state index < -0.39 is 0 Å². The van der Waals surface area contributed by atoms with Gasteiger partial charge in [0, 0.05) is 12.4 Å². The Hall–Kier alpha value is -2.34. The van der Waals surface area contributed by atoms with Crippen LogP contribution in [0, 0.1) is 0 Å². The van der Waals surface area contributed by atoms with Gasteiger partial charge in [0.2, 0.25) is 0 Å². The van der Waals surface area contributed by atoms with Crippen LogP contribution in [0.25, 0.3) is 0 Å². The highest BCUT2D eigenvalue weighted by atomic mass is 16.1. The maximum atomic E-state index is 12.2. The molecule has 2 aromatic rings. The number of amides is 1. The maximum absolute atomic E-state index is 12.2. The second kappa shape index (κ2) is 5.97. The van der Waals surface area contributed by atoms with Crippen molar-refractivity contribution in [3.8, 4) is 0 Å². The minimum absolute atomic E-state index is 0.266. The van der Waals surface area contributed by atoms with Gasteiger partial charge in [-0.2, -0.15) is 0 Å². The van der Waals surface area contributed by atoms with Crippen molar-refractivity contribution in [2.45, 2.75) is 18.9 Å². The molecule has 0 aromatic carbocycles. The SMILES string of the molecule is CN1CCC[C@@H]1c1cccc(C(=O)Nc2cnccn2)n1. The van der Waals surface area contributed by atoms with E-state index in [9.17, 15) is 4.79 Å². The van der Waals surface area contributed by atoms with Crippen LogP contribution >= 0.6 is 0 Å². The van der Waals surface area contributed by atoms with Gasteiger partial charge in [0.1, 0.15) is 5.69 Å². The molecule has 1 amide bonds. The number of hydrogen-bond acceptors (Lipinski definition) is 5. The minimum atomic E-state index is -0.266. The van der Waals surface area contributed by atoms with Crippen LogP contribution in [0.4, 0.5) is 5.82 Å². The molecule has 2 aromatic heterocycles. The molecule has 1 aliphatic heterocycles. The summed E-state index contributed by atoms with van der Waals surface area (Å²) in [6.07, 6.45) is 6.85. The Morgan fingerprint density at radius 2 is 2.29 bits per heavy atom. The number of nitrogens with zero attached hydrogens (tertiary/aromatic N) is 4. The summed E-state index contributed by atoms with van der Waals surface area (Å²) in [5, 5.41) is 2.70. The molecule has 108 valence electrons. The minimum Gasteiger partial charge on any atom is -0.304 e. The molecule has 1 aliphatic rings. The molecule has 1 atom stereocenters. The number of nitrogens with one attached hydrogen (secondary N) is 1. The molecule has 0 bridgehead atoms. The molecule has 0 unspecified atom stereocenters. The average molecular weight is 283 g/mol. The van der Waals surface area contributed by atoms with E-state index in [0.29, 0.717) is 17.6 Å². The van der Waals surface area contributed by atoms with Crippen LogP contribution in [0.15, 0.2) is 36.8 Å². The van der Waals surface area contributed by atoms with Gasteiger partial charge in [-0.05, 0) is 38.6 Å². The van der Waals surface area contributed by atoms with E-state index in [1.807, 2.05) is 12.1 Å². The van der Waals surface area contributed by atoms with Gasteiger partial charge in [-0.15, -0.1) is 0 Å². The smallest absolute Gasteiger partial charge is 0.275 e. The number of likely N-dealkylation sites (tertiary alicyclic amines) is 1. The van der Waals surface area contributed by atoms with E-state index in [-0.39, 0.29) is 5.91 Å². The van der Waals surface area contributed by atoms with E-state index >= 15 is 0 Å². The normalized spacial score (nSPS) is 18.6. The lowest BCUT2D eigenvalue weighted by Crippen LogP contribution is -2.20. The van der Waals surface area contributed by atoms with Gasteiger partial charge >= 0.3 is 0 Å². The first-order valence-electron chi connectivity index (χ1n) is 6.98. The molecule has 6 heteroatoms. The third-order valence-corrected chi connectivity index (χ3v) is 3.67. The third-order valence-electron chi connectivity index (χ3n) is 3.67. The Balaban J connectivity index is 1.78. The molecule has 1 N–H and O–H groups in total. The Labute approximate surface area is 123 Å². The average Bonchev–Trinajstić information content (AvgIpc) is 2.94. The van der Waals surface area contributed by atoms with E-state index in [1.165, 1.54) is 18.8 Å². The van der Waals surface area contributed by atoms with Crippen molar-refractivity contribution in [1.29, 1.82) is 0 Å². The van der Waals surface area contributed by atoms with E-state index in [0.717, 1.165) is 18.7 Å². The summed E-state index contributed by atoms with van der Waals surface area (Å²) in [5.74, 6) is 0.158. The van der Waals surface area contributed by atoms with Gasteiger partial charge in [0.15, 0.2) is 5.82 Å². The van der Waals surface area contributed by atoms with Crippen molar-refractivity contribution in [3.05, 3.63) is 48.2 Å². The summed E-state index contributed by atoms with van der Waals surface area (Å²) in [5.41, 5.74) is 1.35. The highest BCUT2D eigenvalue weighted by molar-refractivity contribution is 6.02. The van der Waals surface area contributed by atoms with Crippen LogP contribution in [0.3, 0.4) is 0 Å². The van der Waals surface area contributed by atoms with Gasteiger partial charge in [0.25, 0.3) is 5.91 Å². The number of carbonyl (C=O) groups is 1. The standard InChI is InChI=1S/C15H17N5O/c1-20-9-3-6-13(20)11-4-2-5-12(18-11)15(21)19-14-10-16-7-8-17-14/h2,4-5,7-8,10,13H,3,6,9H2,1H3,(H,17,19,21)/t13-/m1/s1. The number of aromatic nitrogens is 3. The maximum Gasteiger partial charge on any atom is 0.275 e. The number of pyridine rings is 1. The molecule has 0 saturated carbocycles. The third kappa shape index (κ3) is 3.05. The second-order valence-electron chi connectivity index (χ2n) is 5.13. The Morgan fingerprint density at radius 1 is 1.38 bits per heavy atom. The number of anilines is 1. The molecular weight excluding hydrogens is 266 g/mol. The Kier molecular flexibility index (Phi) is 3.87. The highest BCUT2D eigenvalue weighted by Crippen LogP contribution is 2.28. The fourth-order valence-electron chi connectivity index (χ4n) is 2.59. The van der Waals surface area contributed by atoms with Crippen molar-refractivity contribution in [2.24, 2.45) is 0 Å². The van der Waals surface area contributed by atoms with Crippen molar-refractivity contribution in [2.75, 3.05) is 18.9 Å². The van der Waals surface area contributed by atoms with Crippen molar-refractivity contribution in [3.63, 3.8) is 0 Å². The first-order valence-corrected chi connectivity index (χ1v) is 6.98. The molecule has 1 fully saturated rings. The lowest BCUT2D eigenvalue weighted by Gasteiger charge is -2.19. The monoisotopic (exact) mass is 283 g/mol. The predicted molar refractivity (Wildman–Crippen MR) is 78.8 cm³/mol. The van der Waals surface area contributed by atoms with Gasteiger partial charge in [-0.25, -0.2) is 9.97 Å². The lowest BCUT2D eigenvalue weighted by molar-refractivity contribution is 0.102. The quantitative estimate of drug-likeness (QED) is 0.931. The molecule has 0 aliphatic carbocycles. The van der Waals surface area contributed by atoms with E-state index in [1.54, 1.807) is 12.3 Å². The van der Waals surface area contributed by atoms with Crippen LogP contribution in [0.5, 0.6) is 0 Å². The van der Waals surface area contributed by atoms with Gasteiger partial charge in [-0.3, -0.25) is 14.7 Å². The van der Waals surface area contributed by atoms with Crippen molar-refractivity contribution in [1.82, 2.24) is 19.9 Å². The topological polar surface area (TPSA) is 71.0 Å². The highest BCUT2D eigenvalue weighted by Gasteiger charge is 2.24. The van der Waals surface area contributed by atoms with E-state index in [2.05, 4.69) is 32.2 Å². The van der Waals surface area contributed by atoms with E-state index in [4.69, 9.17) is 0 Å². The fraction of sp³-hybridized carbons (Fsp3) is 0.333. The summed E-state index contributed by atoms with van der Waals surface area (Å²) in [6.45, 7) is 1.07. The molecule has 0 spiro atoms. The Morgan fingerprint density at radius 3 is 3.00 bits per heavy atom. The summed E-state index contributed by atoms with van der Waals surface area (Å²) >= 11 is 0. The van der Waals surface area contributed by atoms with Gasteiger partial charge in [-0.1, -0.05) is 6.07 Å². The summed E-state index contributed by atoms with van der Waals surface area (Å²) in [6, 6.07) is 5.87. The van der Waals surface area contributed by atoms with Crippen LogP contribution < -0.4 is 5.32 Å². The summed E-state index contributed by atoms with van der Waals surface area (Å²) in [4.78, 5) is 26.9. The lowest BCUT2D eigenvalue weighted by atomic mass is 10.1.